The monoisotopic (exact) mass is 517 g/mol. The van der Waals surface area contributed by atoms with E-state index in [4.69, 9.17) is 27.9 Å². The molecule has 0 spiro atoms. The first-order valence-corrected chi connectivity index (χ1v) is 12.2. The minimum absolute atomic E-state index is 0.0357. The van der Waals surface area contributed by atoms with Gasteiger partial charge >= 0.3 is 6.09 Å². The molecule has 0 saturated carbocycles. The molecule has 1 saturated heterocycles. The van der Waals surface area contributed by atoms with Crippen LogP contribution in [0.4, 0.5) is 9.18 Å². The number of ether oxygens (including phenoxy) is 1. The summed E-state index contributed by atoms with van der Waals surface area (Å²) in [5.41, 5.74) is 1.17. The number of amides is 2. The van der Waals surface area contributed by atoms with Gasteiger partial charge in [0.1, 0.15) is 19.3 Å². The summed E-state index contributed by atoms with van der Waals surface area (Å²) in [4.78, 5) is 39.0. The number of piperidine rings is 1. The van der Waals surface area contributed by atoms with Gasteiger partial charge in [0, 0.05) is 25.2 Å². The molecule has 2 amide bonds. The van der Waals surface area contributed by atoms with Gasteiger partial charge in [-0.3, -0.25) is 14.5 Å². The molecule has 1 fully saturated rings. The van der Waals surface area contributed by atoms with Gasteiger partial charge in [0.2, 0.25) is 5.91 Å². The highest BCUT2D eigenvalue weighted by atomic mass is 35.5. The SMILES string of the molecule is C=C(CC(NC(=O)C1CCCCN1C(=O)OCc1ccc(Cl)c(Cl)c1)C(=O)CF)NCC.CC. The Morgan fingerprint density at radius 2 is 1.94 bits per heavy atom. The molecule has 10 heteroatoms. The van der Waals surface area contributed by atoms with Crippen LogP contribution in [-0.2, 0) is 20.9 Å². The number of nitrogens with zero attached hydrogens (tertiary/aromatic N) is 1. The molecule has 7 nitrogen and oxygen atoms in total. The first-order chi connectivity index (χ1) is 16.3. The van der Waals surface area contributed by atoms with Gasteiger partial charge in [0.15, 0.2) is 5.78 Å². The fourth-order valence-corrected chi connectivity index (χ4v) is 3.78. The van der Waals surface area contributed by atoms with Crippen molar-refractivity contribution >= 4 is 41.0 Å². The van der Waals surface area contributed by atoms with Gasteiger partial charge in [0.25, 0.3) is 0 Å². The molecule has 1 heterocycles. The average molecular weight is 518 g/mol. The number of halogens is 3. The summed E-state index contributed by atoms with van der Waals surface area (Å²) in [6, 6.07) is 3.02. The lowest BCUT2D eigenvalue weighted by atomic mass is 10.0. The third-order valence-electron chi connectivity index (χ3n) is 5.10. The minimum Gasteiger partial charge on any atom is -0.445 e. The normalized spacial score (nSPS) is 15.9. The van der Waals surface area contributed by atoms with Crippen LogP contribution in [0.5, 0.6) is 0 Å². The van der Waals surface area contributed by atoms with E-state index >= 15 is 0 Å². The van der Waals surface area contributed by atoms with Crippen molar-refractivity contribution in [2.24, 2.45) is 0 Å². The second-order valence-electron chi connectivity index (χ2n) is 7.51. The molecule has 34 heavy (non-hydrogen) atoms. The number of Topliss-reactive ketones (excluding diaryl/α,β-unsaturated/α-hetero) is 1. The van der Waals surface area contributed by atoms with Gasteiger partial charge < -0.3 is 15.4 Å². The predicted octanol–water partition coefficient (Wildman–Crippen LogP) is 5.05. The number of hydrogen-bond acceptors (Lipinski definition) is 5. The van der Waals surface area contributed by atoms with E-state index in [9.17, 15) is 18.8 Å². The first kappa shape index (κ1) is 29.7. The fourth-order valence-electron chi connectivity index (χ4n) is 3.46. The highest BCUT2D eigenvalue weighted by molar-refractivity contribution is 6.42. The molecule has 1 aliphatic heterocycles. The van der Waals surface area contributed by atoms with Gasteiger partial charge in [0.05, 0.1) is 16.1 Å². The van der Waals surface area contributed by atoms with Crippen molar-refractivity contribution in [2.75, 3.05) is 19.8 Å². The Kier molecular flexibility index (Phi) is 13.6. The lowest BCUT2D eigenvalue weighted by Gasteiger charge is -2.34. The Balaban J connectivity index is 0.00000281. The molecule has 0 aromatic heterocycles. The van der Waals surface area contributed by atoms with Crippen molar-refractivity contribution in [2.45, 2.75) is 65.1 Å². The van der Waals surface area contributed by atoms with E-state index < -0.39 is 36.5 Å². The topological polar surface area (TPSA) is 87.7 Å². The molecule has 1 aliphatic rings. The lowest BCUT2D eigenvalue weighted by molar-refractivity contribution is -0.132. The van der Waals surface area contributed by atoms with Crippen molar-refractivity contribution in [3.05, 3.63) is 46.1 Å². The van der Waals surface area contributed by atoms with E-state index in [0.717, 1.165) is 12.8 Å². The largest absolute Gasteiger partial charge is 0.445 e. The number of carbonyl (C=O) groups is 3. The average Bonchev–Trinajstić information content (AvgIpc) is 2.85. The van der Waals surface area contributed by atoms with Gasteiger partial charge in [-0.1, -0.05) is 49.7 Å². The smallest absolute Gasteiger partial charge is 0.410 e. The first-order valence-electron chi connectivity index (χ1n) is 11.4. The number of ketones is 1. The molecule has 0 aliphatic carbocycles. The molecule has 1 aromatic carbocycles. The highest BCUT2D eigenvalue weighted by Gasteiger charge is 2.35. The zero-order chi connectivity index (χ0) is 25.7. The molecule has 2 N–H and O–H groups in total. The van der Waals surface area contributed by atoms with Gasteiger partial charge in [-0.05, 0) is 43.9 Å². The van der Waals surface area contributed by atoms with Crippen molar-refractivity contribution in [3.8, 4) is 0 Å². The van der Waals surface area contributed by atoms with Crippen LogP contribution in [-0.4, -0.2) is 54.5 Å². The number of rotatable bonds is 10. The summed E-state index contributed by atoms with van der Waals surface area (Å²) in [6.45, 7) is 9.34. The Morgan fingerprint density at radius 3 is 2.56 bits per heavy atom. The van der Waals surface area contributed by atoms with E-state index in [1.807, 2.05) is 20.8 Å². The quantitative estimate of drug-likeness (QED) is 0.453. The van der Waals surface area contributed by atoms with E-state index in [2.05, 4.69) is 17.2 Å². The van der Waals surface area contributed by atoms with Gasteiger partial charge in [-0.15, -0.1) is 0 Å². The zero-order valence-corrected chi connectivity index (χ0v) is 21.5. The third kappa shape index (κ3) is 9.14. The Hall–Kier alpha value is -2.32. The van der Waals surface area contributed by atoms with Crippen LogP contribution < -0.4 is 10.6 Å². The minimum atomic E-state index is -1.20. The Bertz CT molecular complexity index is 854. The number of carbonyl (C=O) groups excluding carboxylic acids is 3. The molecular weight excluding hydrogens is 484 g/mol. The zero-order valence-electron chi connectivity index (χ0n) is 20.0. The number of benzene rings is 1. The van der Waals surface area contributed by atoms with Crippen molar-refractivity contribution in [3.63, 3.8) is 0 Å². The summed E-state index contributed by atoms with van der Waals surface area (Å²) in [5, 5.41) is 6.28. The number of hydrogen-bond donors (Lipinski definition) is 2. The van der Waals surface area contributed by atoms with Crippen LogP contribution >= 0.6 is 23.2 Å². The van der Waals surface area contributed by atoms with Crippen LogP contribution in [0.3, 0.4) is 0 Å². The lowest BCUT2D eigenvalue weighted by Crippen LogP contribution is -2.55. The maximum Gasteiger partial charge on any atom is 0.410 e. The molecule has 2 rings (SSSR count). The van der Waals surface area contributed by atoms with E-state index in [1.54, 1.807) is 18.2 Å². The Labute approximate surface area is 211 Å². The van der Waals surface area contributed by atoms with Gasteiger partial charge in [-0.2, -0.15) is 0 Å². The van der Waals surface area contributed by atoms with Crippen molar-refractivity contribution in [1.82, 2.24) is 15.5 Å². The summed E-state index contributed by atoms with van der Waals surface area (Å²) in [7, 11) is 0. The van der Waals surface area contributed by atoms with E-state index in [1.165, 1.54) is 4.90 Å². The molecule has 1 aromatic rings. The summed E-state index contributed by atoms with van der Waals surface area (Å²) in [5.74, 6) is -1.27. The predicted molar refractivity (Wildman–Crippen MR) is 133 cm³/mol. The molecule has 2 atom stereocenters. The summed E-state index contributed by atoms with van der Waals surface area (Å²) >= 11 is 11.9. The van der Waals surface area contributed by atoms with E-state index in [-0.39, 0.29) is 13.0 Å². The molecule has 190 valence electrons. The van der Waals surface area contributed by atoms with Gasteiger partial charge in [-0.25, -0.2) is 9.18 Å². The van der Waals surface area contributed by atoms with Crippen LogP contribution in [0.15, 0.2) is 30.5 Å². The fraction of sp³-hybridized carbons (Fsp3) is 0.542. The third-order valence-corrected chi connectivity index (χ3v) is 5.84. The van der Waals surface area contributed by atoms with Crippen molar-refractivity contribution in [1.29, 1.82) is 0 Å². The molecule has 0 radical (unpaired) electrons. The summed E-state index contributed by atoms with van der Waals surface area (Å²) < 4.78 is 18.4. The standard InChI is InChI=1S/C22H28Cl2FN3O4.C2H6/c1-3-26-14(2)10-18(20(29)12-25)27-21(30)19-6-4-5-9-28(19)22(31)32-13-15-7-8-16(23)17(24)11-15;1-2/h7-8,11,18-19,26H,2-6,9-10,12-13H2,1H3,(H,27,30);1-2H3. The molecular formula is C24H34Cl2FN3O4. The Morgan fingerprint density at radius 1 is 1.24 bits per heavy atom. The van der Waals surface area contributed by atoms with Crippen LogP contribution in [0.25, 0.3) is 0 Å². The number of likely N-dealkylation sites (tertiary alicyclic amines) is 1. The van der Waals surface area contributed by atoms with Crippen LogP contribution in [0.2, 0.25) is 10.0 Å². The van der Waals surface area contributed by atoms with E-state index in [0.29, 0.717) is 40.8 Å². The molecule has 2 unspecified atom stereocenters. The summed E-state index contributed by atoms with van der Waals surface area (Å²) in [6.07, 6.45) is 1.28. The maximum absolute atomic E-state index is 13.0. The second kappa shape index (κ2) is 15.6. The highest BCUT2D eigenvalue weighted by Crippen LogP contribution is 2.24. The maximum atomic E-state index is 13.0. The second-order valence-corrected chi connectivity index (χ2v) is 8.32. The van der Waals surface area contributed by atoms with Crippen LogP contribution in [0, 0.1) is 0 Å². The number of nitrogens with one attached hydrogen (secondary N) is 2. The van der Waals surface area contributed by atoms with Crippen molar-refractivity contribution < 1.29 is 23.5 Å². The molecule has 0 bridgehead atoms. The number of alkyl halides is 1. The van der Waals surface area contributed by atoms with Crippen LogP contribution in [0.1, 0.15) is 52.0 Å².